The van der Waals surface area contributed by atoms with Crippen LogP contribution in [0.1, 0.15) is 41.6 Å². The van der Waals surface area contributed by atoms with Crippen LogP contribution < -0.4 is 5.32 Å². The molecule has 0 radical (unpaired) electrons. The Kier molecular flexibility index (Phi) is 4.73. The molecule has 0 spiro atoms. The topological polar surface area (TPSA) is 29.1 Å². The zero-order valence-electron chi connectivity index (χ0n) is 10.8. The van der Waals surface area contributed by atoms with Crippen LogP contribution in [0.15, 0.2) is 22.7 Å². The number of hydrogen-bond acceptors (Lipinski definition) is 1. The molecule has 20 heavy (non-hydrogen) atoms. The van der Waals surface area contributed by atoms with E-state index in [9.17, 15) is 18.0 Å². The molecule has 2 nitrogen and oxygen atoms in total. The third-order valence-corrected chi connectivity index (χ3v) is 4.09. The van der Waals surface area contributed by atoms with Gasteiger partial charge in [0.05, 0.1) is 11.1 Å². The molecule has 1 saturated carbocycles. The Morgan fingerprint density at radius 1 is 1.35 bits per heavy atom. The molecule has 1 fully saturated rings. The molecule has 0 unspecified atom stereocenters. The van der Waals surface area contributed by atoms with Crippen molar-refractivity contribution in [2.75, 3.05) is 6.54 Å². The average Bonchev–Trinajstić information content (AvgIpc) is 2.31. The molecule has 1 aromatic carbocycles. The fraction of sp³-hybridized carbons (Fsp3) is 0.500. The maximum absolute atomic E-state index is 12.9. The monoisotopic (exact) mass is 349 g/mol. The normalized spacial score (nSPS) is 15.8. The Bertz CT molecular complexity index is 498. The number of hydrogen-bond donors (Lipinski definition) is 1. The maximum atomic E-state index is 12.9. The fourth-order valence-electron chi connectivity index (χ4n) is 2.22. The number of carbonyl (C=O) groups excluding carboxylic acids is 1. The van der Waals surface area contributed by atoms with Crippen LogP contribution in [0.5, 0.6) is 0 Å². The van der Waals surface area contributed by atoms with Crippen molar-refractivity contribution in [3.8, 4) is 0 Å². The largest absolute Gasteiger partial charge is 0.417 e. The lowest BCUT2D eigenvalue weighted by atomic mass is 9.83. The molecule has 1 aliphatic carbocycles. The van der Waals surface area contributed by atoms with Crippen molar-refractivity contribution >= 4 is 21.8 Å². The molecule has 1 aliphatic rings. The second kappa shape index (κ2) is 6.16. The van der Waals surface area contributed by atoms with Crippen LogP contribution in [0, 0.1) is 5.92 Å². The summed E-state index contributed by atoms with van der Waals surface area (Å²) in [5.74, 6) is -0.0496. The van der Waals surface area contributed by atoms with E-state index in [1.807, 2.05) is 0 Å². The zero-order valence-corrected chi connectivity index (χ0v) is 12.4. The maximum Gasteiger partial charge on any atom is 0.417 e. The molecule has 6 heteroatoms. The van der Waals surface area contributed by atoms with Crippen LogP contribution in [0.3, 0.4) is 0 Å². The Balaban J connectivity index is 2.04. The highest BCUT2D eigenvalue weighted by Gasteiger charge is 2.35. The van der Waals surface area contributed by atoms with Gasteiger partial charge in [0.2, 0.25) is 0 Å². The average molecular weight is 350 g/mol. The number of nitrogens with one attached hydrogen (secondary N) is 1. The molecule has 0 bridgehead atoms. The summed E-state index contributed by atoms with van der Waals surface area (Å²) in [6, 6.07) is 3.57. The minimum Gasteiger partial charge on any atom is -0.352 e. The first-order valence-corrected chi connectivity index (χ1v) is 7.32. The molecular weight excluding hydrogens is 335 g/mol. The summed E-state index contributed by atoms with van der Waals surface area (Å²) in [5.41, 5.74) is -1.23. The van der Waals surface area contributed by atoms with Crippen molar-refractivity contribution in [2.45, 2.75) is 31.9 Å². The number of benzene rings is 1. The van der Waals surface area contributed by atoms with Gasteiger partial charge in [-0.1, -0.05) is 35.2 Å². The van der Waals surface area contributed by atoms with Crippen LogP contribution in [0.25, 0.3) is 0 Å². The quantitative estimate of drug-likeness (QED) is 0.858. The lowest BCUT2D eigenvalue weighted by Gasteiger charge is -2.25. The summed E-state index contributed by atoms with van der Waals surface area (Å²) in [5, 5.41) is 2.58. The minimum atomic E-state index is -4.54. The molecule has 0 saturated heterocycles. The highest BCUT2D eigenvalue weighted by Crippen LogP contribution is 2.34. The smallest absolute Gasteiger partial charge is 0.352 e. The van der Waals surface area contributed by atoms with Gasteiger partial charge in [0.1, 0.15) is 0 Å². The first-order valence-electron chi connectivity index (χ1n) is 6.53. The van der Waals surface area contributed by atoms with Gasteiger partial charge in [-0.05, 0) is 30.5 Å². The van der Waals surface area contributed by atoms with E-state index >= 15 is 0 Å². The first kappa shape index (κ1) is 15.4. The number of alkyl halides is 3. The van der Waals surface area contributed by atoms with E-state index in [2.05, 4.69) is 21.2 Å². The van der Waals surface area contributed by atoms with Gasteiger partial charge in [-0.25, -0.2) is 0 Å². The van der Waals surface area contributed by atoms with E-state index in [-0.39, 0.29) is 5.56 Å². The van der Waals surface area contributed by atoms with E-state index in [4.69, 9.17) is 0 Å². The van der Waals surface area contributed by atoms with Crippen LogP contribution in [-0.4, -0.2) is 12.5 Å². The van der Waals surface area contributed by atoms with Gasteiger partial charge in [0.25, 0.3) is 5.91 Å². The van der Waals surface area contributed by atoms with Gasteiger partial charge in [-0.15, -0.1) is 0 Å². The predicted molar refractivity (Wildman–Crippen MR) is 73.4 cm³/mol. The van der Waals surface area contributed by atoms with Gasteiger partial charge < -0.3 is 5.32 Å². The number of amides is 1. The van der Waals surface area contributed by atoms with Crippen LogP contribution >= 0.6 is 15.9 Å². The first-order chi connectivity index (χ1) is 9.38. The predicted octanol–water partition coefficient (Wildman–Crippen LogP) is 4.39. The lowest BCUT2D eigenvalue weighted by Crippen LogP contribution is -2.29. The molecule has 1 amide bonds. The van der Waals surface area contributed by atoms with E-state index in [0.29, 0.717) is 16.9 Å². The van der Waals surface area contributed by atoms with Crippen molar-refractivity contribution in [1.29, 1.82) is 0 Å². The molecule has 0 aromatic heterocycles. The van der Waals surface area contributed by atoms with Crippen molar-refractivity contribution in [3.63, 3.8) is 0 Å². The molecule has 1 aromatic rings. The standard InChI is InChI=1S/C14H15BrF3NO/c15-10-4-5-11(12(8-10)14(16,17)18)13(20)19-7-6-9-2-1-3-9/h4-5,8-9H,1-3,6-7H2,(H,19,20). The number of rotatable bonds is 4. The second-order valence-electron chi connectivity index (χ2n) is 5.03. The fourth-order valence-corrected chi connectivity index (χ4v) is 2.58. The highest BCUT2D eigenvalue weighted by molar-refractivity contribution is 9.10. The molecule has 2 rings (SSSR count). The van der Waals surface area contributed by atoms with Gasteiger partial charge >= 0.3 is 6.18 Å². The van der Waals surface area contributed by atoms with E-state index in [1.54, 1.807) is 0 Å². The van der Waals surface area contributed by atoms with E-state index < -0.39 is 17.6 Å². The Morgan fingerprint density at radius 3 is 2.60 bits per heavy atom. The molecule has 1 N–H and O–H groups in total. The summed E-state index contributed by atoms with van der Waals surface area (Å²) in [7, 11) is 0. The highest BCUT2D eigenvalue weighted by atomic mass is 79.9. The number of carbonyl (C=O) groups is 1. The number of halogens is 4. The molecule has 0 aliphatic heterocycles. The summed E-state index contributed by atoms with van der Waals surface area (Å²) >= 11 is 2.99. The minimum absolute atomic E-state index is 0.302. The molecule has 0 heterocycles. The third-order valence-electron chi connectivity index (χ3n) is 3.59. The summed E-state index contributed by atoms with van der Waals surface area (Å²) in [6.45, 7) is 0.427. The van der Waals surface area contributed by atoms with E-state index in [1.165, 1.54) is 18.6 Å². The van der Waals surface area contributed by atoms with Crippen LogP contribution in [0.4, 0.5) is 13.2 Å². The zero-order chi connectivity index (χ0) is 14.8. The molecular formula is C14H15BrF3NO. The van der Waals surface area contributed by atoms with Crippen molar-refractivity contribution in [2.24, 2.45) is 5.92 Å². The van der Waals surface area contributed by atoms with Crippen LogP contribution in [-0.2, 0) is 6.18 Å². The Morgan fingerprint density at radius 2 is 2.05 bits per heavy atom. The van der Waals surface area contributed by atoms with Gasteiger partial charge in [-0.3, -0.25) is 4.79 Å². The van der Waals surface area contributed by atoms with E-state index in [0.717, 1.165) is 25.3 Å². The van der Waals surface area contributed by atoms with Gasteiger partial charge in [-0.2, -0.15) is 13.2 Å². The SMILES string of the molecule is O=C(NCCC1CCC1)c1ccc(Br)cc1C(F)(F)F. The van der Waals surface area contributed by atoms with Gasteiger partial charge in [0.15, 0.2) is 0 Å². The third kappa shape index (κ3) is 3.75. The van der Waals surface area contributed by atoms with Crippen molar-refractivity contribution in [1.82, 2.24) is 5.32 Å². The summed E-state index contributed by atoms with van der Waals surface area (Å²) in [6.07, 6.45) is -0.179. The van der Waals surface area contributed by atoms with Crippen molar-refractivity contribution in [3.05, 3.63) is 33.8 Å². The summed E-state index contributed by atoms with van der Waals surface area (Å²) < 4.78 is 39.0. The Labute approximate surface area is 123 Å². The van der Waals surface area contributed by atoms with Crippen molar-refractivity contribution < 1.29 is 18.0 Å². The molecule has 0 atom stereocenters. The lowest BCUT2D eigenvalue weighted by molar-refractivity contribution is -0.138. The Hall–Kier alpha value is -1.04. The second-order valence-corrected chi connectivity index (χ2v) is 5.94. The molecule has 110 valence electrons. The van der Waals surface area contributed by atoms with Crippen LogP contribution in [0.2, 0.25) is 0 Å². The summed E-state index contributed by atoms with van der Waals surface area (Å²) in [4.78, 5) is 11.9. The van der Waals surface area contributed by atoms with Gasteiger partial charge in [0, 0.05) is 11.0 Å².